The minimum Gasteiger partial charge on any atom is -0.340 e. The van der Waals surface area contributed by atoms with Crippen LogP contribution in [0.2, 0.25) is 0 Å². The molecule has 3 heteroatoms. The summed E-state index contributed by atoms with van der Waals surface area (Å²) >= 11 is 0. The highest BCUT2D eigenvalue weighted by Crippen LogP contribution is 2.52. The number of fused-ring (bicyclic) bond motifs is 1. The largest absolute Gasteiger partial charge is 0.340 e. The van der Waals surface area contributed by atoms with Gasteiger partial charge in [0, 0.05) is 5.92 Å². The molecule has 10 heavy (non-hydrogen) atoms. The van der Waals surface area contributed by atoms with Crippen molar-refractivity contribution in [2.75, 3.05) is 0 Å². The average Bonchev–Trinajstić information content (AvgIpc) is 2.35. The Kier molecular flexibility index (Phi) is 1.14. The van der Waals surface area contributed by atoms with Crippen molar-refractivity contribution in [3.05, 3.63) is 0 Å². The lowest BCUT2D eigenvalue weighted by Crippen LogP contribution is -2.31. The van der Waals surface area contributed by atoms with Gasteiger partial charge in [0.2, 0.25) is 0 Å². The predicted octanol–water partition coefficient (Wildman–Crippen LogP) is 1.09. The van der Waals surface area contributed by atoms with E-state index < -0.39 is 0 Å². The Labute approximate surface area is 60.2 Å². The second-order valence-corrected chi connectivity index (χ2v) is 3.27. The van der Waals surface area contributed by atoms with Gasteiger partial charge in [-0.15, -0.1) is 0 Å². The van der Waals surface area contributed by atoms with Gasteiger partial charge in [-0.25, -0.2) is 9.78 Å². The lowest BCUT2D eigenvalue weighted by molar-refractivity contribution is -0.426. The highest BCUT2D eigenvalue weighted by molar-refractivity contribution is 5.11. The van der Waals surface area contributed by atoms with E-state index in [0.717, 1.165) is 0 Å². The van der Waals surface area contributed by atoms with Crippen LogP contribution in [0.4, 0.5) is 0 Å². The Bertz CT molecular complexity index is 159. The first-order chi connectivity index (χ1) is 4.64. The van der Waals surface area contributed by atoms with E-state index in [9.17, 15) is 0 Å². The summed E-state index contributed by atoms with van der Waals surface area (Å²) in [5.74, 6) is 0.470. The first kappa shape index (κ1) is 6.58. The number of hydrogen-bond donors (Lipinski definition) is 0. The topological polar surface area (TPSA) is 27.7 Å². The molecule has 0 amide bonds. The first-order valence-electron chi connectivity index (χ1n) is 3.64. The Hall–Kier alpha value is -0.120. The quantitative estimate of drug-likeness (QED) is 0.476. The Morgan fingerprint density at radius 3 is 2.40 bits per heavy atom. The monoisotopic (exact) mass is 144 g/mol. The molecule has 2 fully saturated rings. The van der Waals surface area contributed by atoms with Gasteiger partial charge in [-0.3, -0.25) is 0 Å². The van der Waals surface area contributed by atoms with Gasteiger partial charge in [0.25, 0.3) is 0 Å². The predicted molar refractivity (Wildman–Crippen MR) is 34.1 cm³/mol. The molecule has 0 aromatic carbocycles. The van der Waals surface area contributed by atoms with E-state index in [1.807, 2.05) is 6.92 Å². The van der Waals surface area contributed by atoms with Crippen LogP contribution in [0.25, 0.3) is 0 Å². The molecule has 0 aromatic rings. The summed E-state index contributed by atoms with van der Waals surface area (Å²) in [7, 11) is 0. The van der Waals surface area contributed by atoms with Crippen molar-refractivity contribution in [1.82, 2.24) is 0 Å². The van der Waals surface area contributed by atoms with E-state index in [-0.39, 0.29) is 18.0 Å². The van der Waals surface area contributed by atoms with E-state index >= 15 is 0 Å². The van der Waals surface area contributed by atoms with Crippen LogP contribution in [0.1, 0.15) is 20.8 Å². The van der Waals surface area contributed by atoms with E-state index in [4.69, 9.17) is 14.5 Å². The SMILES string of the molecule is CC1OOC2C(C)C2(C)O1. The van der Waals surface area contributed by atoms with Gasteiger partial charge in [-0.2, -0.15) is 0 Å². The second kappa shape index (κ2) is 1.72. The third kappa shape index (κ3) is 0.654. The minimum atomic E-state index is -0.216. The van der Waals surface area contributed by atoms with Crippen LogP contribution in [0.3, 0.4) is 0 Å². The van der Waals surface area contributed by atoms with Crippen molar-refractivity contribution in [3.63, 3.8) is 0 Å². The molecule has 0 radical (unpaired) electrons. The average molecular weight is 144 g/mol. The second-order valence-electron chi connectivity index (χ2n) is 3.27. The molecule has 58 valence electrons. The summed E-state index contributed by atoms with van der Waals surface area (Å²) in [4.78, 5) is 9.90. The summed E-state index contributed by atoms with van der Waals surface area (Å²) in [6, 6.07) is 0. The van der Waals surface area contributed by atoms with Crippen LogP contribution in [0.15, 0.2) is 0 Å². The van der Waals surface area contributed by atoms with Gasteiger partial charge < -0.3 is 4.74 Å². The molecule has 4 unspecified atom stereocenters. The zero-order valence-electron chi connectivity index (χ0n) is 6.46. The van der Waals surface area contributed by atoms with E-state index in [1.165, 1.54) is 0 Å². The zero-order valence-corrected chi connectivity index (χ0v) is 6.46. The molecule has 1 heterocycles. The fourth-order valence-corrected chi connectivity index (χ4v) is 1.52. The fourth-order valence-electron chi connectivity index (χ4n) is 1.52. The third-order valence-corrected chi connectivity index (χ3v) is 2.53. The van der Waals surface area contributed by atoms with Crippen molar-refractivity contribution in [2.45, 2.75) is 38.8 Å². The highest BCUT2D eigenvalue weighted by atomic mass is 17.2. The minimum absolute atomic E-state index is 0.0718. The lowest BCUT2D eigenvalue weighted by Gasteiger charge is -2.23. The Morgan fingerprint density at radius 2 is 1.90 bits per heavy atom. The summed E-state index contributed by atoms with van der Waals surface area (Å²) < 4.78 is 5.51. The van der Waals surface area contributed by atoms with Crippen LogP contribution in [-0.2, 0) is 14.5 Å². The van der Waals surface area contributed by atoms with Crippen molar-refractivity contribution in [1.29, 1.82) is 0 Å². The van der Waals surface area contributed by atoms with E-state index in [1.54, 1.807) is 0 Å². The van der Waals surface area contributed by atoms with E-state index in [2.05, 4.69) is 13.8 Å². The maximum absolute atomic E-state index is 5.51. The molecule has 0 N–H and O–H groups in total. The molecular weight excluding hydrogens is 132 g/mol. The van der Waals surface area contributed by atoms with Crippen LogP contribution in [0, 0.1) is 5.92 Å². The van der Waals surface area contributed by atoms with Crippen LogP contribution < -0.4 is 0 Å². The molecule has 0 spiro atoms. The molecule has 1 saturated carbocycles. The van der Waals surface area contributed by atoms with Crippen molar-refractivity contribution in [2.24, 2.45) is 5.92 Å². The van der Waals surface area contributed by atoms with Crippen LogP contribution in [0.5, 0.6) is 0 Å². The fraction of sp³-hybridized carbons (Fsp3) is 1.00. The normalized spacial score (nSPS) is 59.7. The van der Waals surface area contributed by atoms with Crippen molar-refractivity contribution < 1.29 is 14.5 Å². The standard InChI is InChI=1S/C7H12O3/c1-4-6-7(4,3)8-5(2)9-10-6/h4-6H,1-3H3. The number of ether oxygens (including phenoxy) is 1. The highest BCUT2D eigenvalue weighted by Gasteiger charge is 2.65. The summed E-state index contributed by atoms with van der Waals surface area (Å²) in [5, 5.41) is 0. The molecule has 0 bridgehead atoms. The zero-order chi connectivity index (χ0) is 7.35. The van der Waals surface area contributed by atoms with Crippen LogP contribution >= 0.6 is 0 Å². The maximum Gasteiger partial charge on any atom is 0.189 e. The summed E-state index contributed by atoms with van der Waals surface area (Å²) in [6.45, 7) is 6.00. The summed E-state index contributed by atoms with van der Waals surface area (Å²) in [5.41, 5.74) is -0.0718. The molecule has 2 rings (SSSR count). The number of rotatable bonds is 0. The molecule has 1 aliphatic heterocycles. The van der Waals surface area contributed by atoms with Crippen molar-refractivity contribution >= 4 is 0 Å². The van der Waals surface area contributed by atoms with Crippen LogP contribution in [-0.4, -0.2) is 18.0 Å². The van der Waals surface area contributed by atoms with Gasteiger partial charge in [0.05, 0.1) is 0 Å². The molecular formula is C7H12O3. The maximum atomic E-state index is 5.51. The molecule has 3 nitrogen and oxygen atoms in total. The molecule has 1 saturated heterocycles. The third-order valence-electron chi connectivity index (χ3n) is 2.53. The van der Waals surface area contributed by atoms with Gasteiger partial charge in [0.1, 0.15) is 11.7 Å². The van der Waals surface area contributed by atoms with E-state index in [0.29, 0.717) is 5.92 Å². The molecule has 2 aliphatic rings. The van der Waals surface area contributed by atoms with Gasteiger partial charge in [0.15, 0.2) is 6.29 Å². The Balaban J connectivity index is 2.08. The molecule has 0 aromatic heterocycles. The smallest absolute Gasteiger partial charge is 0.189 e. The van der Waals surface area contributed by atoms with Gasteiger partial charge in [-0.05, 0) is 13.8 Å². The first-order valence-corrected chi connectivity index (χ1v) is 3.64. The van der Waals surface area contributed by atoms with Crippen molar-refractivity contribution in [3.8, 4) is 0 Å². The lowest BCUT2D eigenvalue weighted by atomic mass is 10.3. The molecule has 4 atom stereocenters. The van der Waals surface area contributed by atoms with Gasteiger partial charge in [-0.1, -0.05) is 6.92 Å². The summed E-state index contributed by atoms with van der Waals surface area (Å²) in [6.07, 6.45) is -0.0603. The number of hydrogen-bond acceptors (Lipinski definition) is 3. The Morgan fingerprint density at radius 1 is 1.20 bits per heavy atom. The van der Waals surface area contributed by atoms with Gasteiger partial charge >= 0.3 is 0 Å². The molecule has 1 aliphatic carbocycles.